The number of hydrogen-bond acceptors (Lipinski definition) is 2. The molecule has 1 fully saturated rings. The highest BCUT2D eigenvalue weighted by molar-refractivity contribution is 6.30. The monoisotopic (exact) mass is 320 g/mol. The third-order valence-corrected chi connectivity index (χ3v) is 4.00. The van der Waals surface area contributed by atoms with Crippen molar-refractivity contribution in [3.05, 3.63) is 34.9 Å². The van der Waals surface area contributed by atoms with Gasteiger partial charge in [-0.2, -0.15) is 13.2 Å². The average molecular weight is 321 g/mol. The van der Waals surface area contributed by atoms with E-state index in [9.17, 15) is 13.2 Å². The predicted octanol–water partition coefficient (Wildman–Crippen LogP) is 3.50. The number of nitrogens with zero attached hydrogens (tertiary/aromatic N) is 1. The molecule has 0 bridgehead atoms. The Morgan fingerprint density at radius 1 is 1.14 bits per heavy atom. The second-order valence-electron chi connectivity index (χ2n) is 5.50. The van der Waals surface area contributed by atoms with Crippen molar-refractivity contribution in [1.29, 1.82) is 0 Å². The van der Waals surface area contributed by atoms with Crippen LogP contribution in [0, 0.1) is 0 Å². The van der Waals surface area contributed by atoms with Crippen molar-refractivity contribution in [3.63, 3.8) is 0 Å². The van der Waals surface area contributed by atoms with Gasteiger partial charge < -0.3 is 5.32 Å². The van der Waals surface area contributed by atoms with Crippen LogP contribution in [0.4, 0.5) is 13.2 Å². The lowest BCUT2D eigenvalue weighted by molar-refractivity contribution is -0.148. The molecule has 2 rings (SSSR count). The minimum Gasteiger partial charge on any atom is -0.314 e. The molecule has 2 nitrogen and oxygen atoms in total. The van der Waals surface area contributed by atoms with Crippen molar-refractivity contribution in [2.45, 2.75) is 31.5 Å². The molecule has 1 aliphatic rings. The van der Waals surface area contributed by atoms with Crippen LogP contribution in [0.3, 0.4) is 0 Å². The van der Waals surface area contributed by atoms with Crippen LogP contribution < -0.4 is 5.32 Å². The first kappa shape index (κ1) is 16.6. The van der Waals surface area contributed by atoms with Gasteiger partial charge in [-0.05, 0) is 56.6 Å². The quantitative estimate of drug-likeness (QED) is 0.893. The van der Waals surface area contributed by atoms with Crippen molar-refractivity contribution in [1.82, 2.24) is 10.2 Å². The van der Waals surface area contributed by atoms with Crippen LogP contribution in [0.2, 0.25) is 5.02 Å². The molecule has 0 saturated carbocycles. The lowest BCUT2D eigenvalue weighted by Gasteiger charge is -2.32. The molecular formula is C15H20ClF3N2. The first-order valence-corrected chi connectivity index (χ1v) is 7.57. The number of alkyl halides is 3. The second kappa shape index (κ2) is 7.47. The molecule has 0 radical (unpaired) electrons. The van der Waals surface area contributed by atoms with Crippen molar-refractivity contribution in [2.75, 3.05) is 26.2 Å². The van der Waals surface area contributed by atoms with Crippen LogP contribution in [0.15, 0.2) is 24.3 Å². The fourth-order valence-electron chi connectivity index (χ4n) is 2.62. The van der Waals surface area contributed by atoms with Crippen LogP contribution in [0.1, 0.15) is 18.4 Å². The number of benzene rings is 1. The molecule has 6 heteroatoms. The molecule has 1 saturated heterocycles. The summed E-state index contributed by atoms with van der Waals surface area (Å²) in [5.41, 5.74) is 1.21. The Kier molecular flexibility index (Phi) is 5.90. The summed E-state index contributed by atoms with van der Waals surface area (Å²) in [6, 6.07) is 8.05. The summed E-state index contributed by atoms with van der Waals surface area (Å²) in [7, 11) is 0. The van der Waals surface area contributed by atoms with Crippen LogP contribution in [0.5, 0.6) is 0 Å². The van der Waals surface area contributed by atoms with Crippen LogP contribution in [0.25, 0.3) is 0 Å². The first-order chi connectivity index (χ1) is 9.92. The lowest BCUT2D eigenvalue weighted by Crippen LogP contribution is -2.45. The SMILES string of the molecule is FC(F)(F)CN1CCC(NCCc2ccc(Cl)cc2)CC1. The van der Waals surface area contributed by atoms with E-state index in [1.165, 1.54) is 10.5 Å². The summed E-state index contributed by atoms with van der Waals surface area (Å²) in [5.74, 6) is 0. The average Bonchev–Trinajstić information content (AvgIpc) is 2.41. The van der Waals surface area contributed by atoms with Gasteiger partial charge in [0.15, 0.2) is 0 Å². The largest absolute Gasteiger partial charge is 0.401 e. The first-order valence-electron chi connectivity index (χ1n) is 7.19. The number of hydrogen-bond donors (Lipinski definition) is 1. The third-order valence-electron chi connectivity index (χ3n) is 3.75. The Hall–Kier alpha value is -0.780. The summed E-state index contributed by atoms with van der Waals surface area (Å²) in [6.07, 6.45) is -1.64. The van der Waals surface area contributed by atoms with Gasteiger partial charge in [0.25, 0.3) is 0 Å². The van der Waals surface area contributed by atoms with Crippen molar-refractivity contribution in [2.24, 2.45) is 0 Å². The van der Waals surface area contributed by atoms with E-state index in [0.29, 0.717) is 19.1 Å². The Bertz CT molecular complexity index is 426. The van der Waals surface area contributed by atoms with Gasteiger partial charge in [-0.1, -0.05) is 23.7 Å². The van der Waals surface area contributed by atoms with E-state index in [-0.39, 0.29) is 0 Å². The molecule has 0 aliphatic carbocycles. The van der Waals surface area contributed by atoms with Gasteiger partial charge in [0.2, 0.25) is 0 Å². The molecule has 118 valence electrons. The van der Waals surface area contributed by atoms with E-state index in [1.54, 1.807) is 0 Å². The maximum Gasteiger partial charge on any atom is 0.401 e. The molecular weight excluding hydrogens is 301 g/mol. The molecule has 0 spiro atoms. The van der Waals surface area contributed by atoms with E-state index >= 15 is 0 Å². The molecule has 0 aromatic heterocycles. The second-order valence-corrected chi connectivity index (χ2v) is 5.93. The maximum atomic E-state index is 12.3. The standard InChI is InChI=1S/C15H20ClF3N2/c16-13-3-1-12(2-4-13)5-8-20-14-6-9-21(10-7-14)11-15(17,18)19/h1-4,14,20H,5-11H2. The van der Waals surface area contributed by atoms with Gasteiger partial charge in [-0.15, -0.1) is 0 Å². The fourth-order valence-corrected chi connectivity index (χ4v) is 2.75. The highest BCUT2D eigenvalue weighted by atomic mass is 35.5. The van der Waals surface area contributed by atoms with E-state index in [4.69, 9.17) is 11.6 Å². The lowest BCUT2D eigenvalue weighted by atomic mass is 10.0. The van der Waals surface area contributed by atoms with Crippen LogP contribution in [-0.2, 0) is 6.42 Å². The highest BCUT2D eigenvalue weighted by Gasteiger charge is 2.32. The number of piperidine rings is 1. The number of nitrogens with one attached hydrogen (secondary N) is 1. The molecule has 1 aromatic rings. The predicted molar refractivity (Wildman–Crippen MR) is 78.7 cm³/mol. The Labute approximate surface area is 128 Å². The zero-order valence-electron chi connectivity index (χ0n) is 11.8. The van der Waals surface area contributed by atoms with Gasteiger partial charge in [-0.25, -0.2) is 0 Å². The molecule has 1 aromatic carbocycles. The van der Waals surface area contributed by atoms with Crippen molar-refractivity contribution < 1.29 is 13.2 Å². The summed E-state index contributed by atoms with van der Waals surface area (Å²) in [5, 5.41) is 4.15. The minimum absolute atomic E-state index is 0.321. The van der Waals surface area contributed by atoms with E-state index in [2.05, 4.69) is 5.32 Å². The van der Waals surface area contributed by atoms with E-state index in [1.807, 2.05) is 24.3 Å². The number of rotatable bonds is 5. The topological polar surface area (TPSA) is 15.3 Å². The molecule has 0 unspecified atom stereocenters. The van der Waals surface area contributed by atoms with Gasteiger partial charge in [0.05, 0.1) is 6.54 Å². The normalized spacial score (nSPS) is 18.1. The summed E-state index contributed by atoms with van der Waals surface area (Å²) < 4.78 is 36.9. The van der Waals surface area contributed by atoms with E-state index < -0.39 is 12.7 Å². The van der Waals surface area contributed by atoms with Gasteiger partial charge in [-0.3, -0.25) is 4.90 Å². The Balaban J connectivity index is 1.64. The van der Waals surface area contributed by atoms with Gasteiger partial charge >= 0.3 is 6.18 Å². The van der Waals surface area contributed by atoms with E-state index in [0.717, 1.165) is 30.8 Å². The number of likely N-dealkylation sites (tertiary alicyclic amines) is 1. The Morgan fingerprint density at radius 2 is 1.76 bits per heavy atom. The Morgan fingerprint density at radius 3 is 2.33 bits per heavy atom. The highest BCUT2D eigenvalue weighted by Crippen LogP contribution is 2.19. The summed E-state index contributed by atoms with van der Waals surface area (Å²) in [6.45, 7) is 1.08. The summed E-state index contributed by atoms with van der Waals surface area (Å²) in [4.78, 5) is 1.48. The van der Waals surface area contributed by atoms with Crippen molar-refractivity contribution in [3.8, 4) is 0 Å². The number of halogens is 4. The van der Waals surface area contributed by atoms with Gasteiger partial charge in [0.1, 0.15) is 0 Å². The molecule has 21 heavy (non-hydrogen) atoms. The van der Waals surface area contributed by atoms with Crippen molar-refractivity contribution >= 4 is 11.6 Å². The zero-order chi connectivity index (χ0) is 15.3. The molecule has 1 aliphatic heterocycles. The van der Waals surface area contributed by atoms with Crippen LogP contribution in [-0.4, -0.2) is 43.3 Å². The van der Waals surface area contributed by atoms with Gasteiger partial charge in [0, 0.05) is 11.1 Å². The zero-order valence-corrected chi connectivity index (χ0v) is 12.6. The molecule has 0 atom stereocenters. The van der Waals surface area contributed by atoms with Crippen LogP contribution >= 0.6 is 11.6 Å². The molecule has 0 amide bonds. The summed E-state index contributed by atoms with van der Waals surface area (Å²) >= 11 is 5.83. The fraction of sp³-hybridized carbons (Fsp3) is 0.600. The molecule has 1 heterocycles. The smallest absolute Gasteiger partial charge is 0.314 e. The minimum atomic E-state index is -4.09. The maximum absolute atomic E-state index is 12.3. The third kappa shape index (κ3) is 6.24. The molecule has 1 N–H and O–H groups in total.